The Hall–Kier alpha value is 0.206. The van der Waals surface area contributed by atoms with Gasteiger partial charge >= 0.3 is 54.3 Å². The molecular weight excluding hydrogens is 306 g/mol. The van der Waals surface area contributed by atoms with Crippen LogP contribution in [0.2, 0.25) is 0 Å². The third-order valence-corrected chi connectivity index (χ3v) is 3.31. The largest absolute Gasteiger partial charge is 2.00 e. The monoisotopic (exact) mass is 308 g/mol. The fourth-order valence-electron chi connectivity index (χ4n) is 0.195. The summed E-state index contributed by atoms with van der Waals surface area (Å²) in [5.74, 6) is 0. The Kier molecular flexibility index (Phi) is 5.61. The maximum Gasteiger partial charge on any atom is 2.00 e. The third-order valence-electron chi connectivity index (χ3n) is 0.746. The van der Waals surface area contributed by atoms with Crippen molar-refractivity contribution >= 4 is 43.3 Å². The molecule has 0 amide bonds. The predicted molar refractivity (Wildman–Crippen MR) is 39.0 cm³/mol. The van der Waals surface area contributed by atoms with E-state index < -0.39 is 31.3 Å². The second-order valence-electron chi connectivity index (χ2n) is 1.87. The first kappa shape index (κ1) is 18.6. The topological polar surface area (TPSA) is 77.5 Å². The third kappa shape index (κ3) is 4.23. The maximum absolute atomic E-state index is 11.4. The quantitative estimate of drug-likeness (QED) is 0.423. The van der Waals surface area contributed by atoms with Gasteiger partial charge in [-0.1, -0.05) is 0 Å². The molecule has 5 nitrogen and oxygen atoms in total. The van der Waals surface area contributed by atoms with E-state index in [-0.39, 0.29) is 25.9 Å². The van der Waals surface area contributed by atoms with Crippen molar-refractivity contribution in [1.82, 2.24) is 0 Å². The van der Waals surface area contributed by atoms with E-state index in [0.717, 1.165) is 0 Å². The van der Waals surface area contributed by atoms with Crippen LogP contribution >= 0.6 is 0 Å². The summed E-state index contributed by atoms with van der Waals surface area (Å²) in [6.07, 6.45) is 0. The molecule has 0 radical (unpaired) electrons. The van der Waals surface area contributed by atoms with Crippen molar-refractivity contribution in [2.75, 3.05) is 0 Å². The molecule has 0 atom stereocenters. The van der Waals surface area contributed by atoms with Crippen LogP contribution in [0.25, 0.3) is 0 Å². The van der Waals surface area contributed by atoms with Gasteiger partial charge in [0, 0.05) is 0 Å². The molecule has 0 aromatic rings. The molecule has 0 spiro atoms. The van der Waals surface area contributed by atoms with Crippen LogP contribution in [0.5, 0.6) is 0 Å². The summed E-state index contributed by atoms with van der Waals surface area (Å²) in [5.41, 5.74) is -12.5. The number of hydrogen-bond acceptors (Lipinski definition) is 5. The van der Waals surface area contributed by atoms with Gasteiger partial charge in [-0.2, -0.15) is 43.2 Å². The van der Waals surface area contributed by atoms with Gasteiger partial charge < -0.3 is 2.85 Å². The summed E-state index contributed by atoms with van der Waals surface area (Å²) in [4.78, 5) is 0. The molecule has 0 unspecified atom stereocenters. The van der Waals surface area contributed by atoms with Crippen molar-refractivity contribution in [3.8, 4) is 0 Å². The Balaban J connectivity index is -0.000000327. The van der Waals surface area contributed by atoms with E-state index in [4.69, 9.17) is 0 Å². The Morgan fingerprint density at radius 2 is 0.938 bits per heavy atom. The minimum Gasteiger partial charge on any atom is -1.00 e. The Morgan fingerprint density at radius 1 is 0.750 bits per heavy atom. The average molecular weight is 308 g/mol. The van der Waals surface area contributed by atoms with Crippen molar-refractivity contribution in [3.05, 3.63) is 0 Å². The number of halogens is 6. The van der Waals surface area contributed by atoms with Gasteiger partial charge in [0.25, 0.3) is 0 Å². The number of alkyl halides is 6. The fraction of sp³-hybridized carbons (Fsp3) is 1.00. The smallest absolute Gasteiger partial charge is 1.00 e. The second kappa shape index (κ2) is 4.83. The summed E-state index contributed by atoms with van der Waals surface area (Å²) in [6, 6.07) is 0. The Bertz CT molecular complexity index is 396. The van der Waals surface area contributed by atoms with Crippen molar-refractivity contribution in [1.29, 1.82) is 0 Å². The average Bonchev–Trinajstić information content (AvgIpc) is 1.77. The van der Waals surface area contributed by atoms with Crippen molar-refractivity contribution < 1.29 is 49.7 Å². The van der Waals surface area contributed by atoms with E-state index in [1.807, 2.05) is 3.63 Å². The molecule has 0 aliphatic rings. The Morgan fingerprint density at radius 3 is 1.06 bits per heavy atom. The standard InChI is InChI=1S/C2F6O5S2.Mg.2H/c3-1(4,5)14(9,10)13-15(11,12)2(6,7)8;;;/q;+2;2*-1. The molecular formula is C2H2F6MgO5S2. The summed E-state index contributed by atoms with van der Waals surface area (Å²) in [7, 11) is -13.7. The second-order valence-corrected chi connectivity index (χ2v) is 5.15. The molecule has 16 heavy (non-hydrogen) atoms. The molecule has 0 aromatic carbocycles. The summed E-state index contributed by atoms with van der Waals surface area (Å²) >= 11 is 0. The molecule has 0 fully saturated rings. The first-order chi connectivity index (χ1) is 6.21. The molecule has 96 valence electrons. The first-order valence-corrected chi connectivity index (χ1v) is 5.36. The van der Waals surface area contributed by atoms with Crippen LogP contribution in [0.15, 0.2) is 0 Å². The van der Waals surface area contributed by atoms with Crippen molar-refractivity contribution in [3.63, 3.8) is 0 Å². The van der Waals surface area contributed by atoms with Crippen LogP contribution in [0.1, 0.15) is 2.85 Å². The zero-order chi connectivity index (χ0) is 12.7. The van der Waals surface area contributed by atoms with Crippen LogP contribution in [0.4, 0.5) is 26.3 Å². The molecule has 0 bridgehead atoms. The fourth-order valence-corrected chi connectivity index (χ4v) is 1.76. The molecule has 0 heterocycles. The van der Waals surface area contributed by atoms with E-state index >= 15 is 0 Å². The molecule has 0 rings (SSSR count). The normalized spacial score (nSPS) is 14.4. The van der Waals surface area contributed by atoms with Gasteiger partial charge in [-0.25, -0.2) is 0 Å². The van der Waals surface area contributed by atoms with Crippen LogP contribution in [-0.4, -0.2) is 50.9 Å². The minimum absolute atomic E-state index is 0. The van der Waals surface area contributed by atoms with Crippen LogP contribution in [0, 0.1) is 0 Å². The molecule has 0 N–H and O–H groups in total. The first-order valence-electron chi connectivity index (χ1n) is 2.54. The zero-order valence-corrected chi connectivity index (χ0v) is 9.88. The summed E-state index contributed by atoms with van der Waals surface area (Å²) in [5, 5.41) is 0. The number of rotatable bonds is 2. The van der Waals surface area contributed by atoms with Gasteiger partial charge in [0.15, 0.2) is 0 Å². The molecule has 0 aliphatic heterocycles. The van der Waals surface area contributed by atoms with Gasteiger partial charge in [-0.3, -0.25) is 0 Å². The van der Waals surface area contributed by atoms with E-state index in [0.29, 0.717) is 0 Å². The molecule has 14 heteroatoms. The molecule has 0 aromatic heterocycles. The molecule has 0 saturated carbocycles. The molecule has 0 aliphatic carbocycles. The maximum atomic E-state index is 11.4. The summed E-state index contributed by atoms with van der Waals surface area (Å²) < 4.78 is 110. The van der Waals surface area contributed by atoms with Gasteiger partial charge in [0.1, 0.15) is 0 Å². The zero-order valence-electron chi connectivity index (χ0n) is 8.83. The van der Waals surface area contributed by atoms with Gasteiger partial charge in [0.05, 0.1) is 0 Å². The summed E-state index contributed by atoms with van der Waals surface area (Å²) in [6.45, 7) is 0. The van der Waals surface area contributed by atoms with Gasteiger partial charge in [-0.05, 0) is 0 Å². The van der Waals surface area contributed by atoms with Crippen molar-refractivity contribution in [2.45, 2.75) is 11.0 Å². The van der Waals surface area contributed by atoms with Crippen LogP contribution in [-0.2, 0) is 23.9 Å². The van der Waals surface area contributed by atoms with Crippen molar-refractivity contribution in [2.24, 2.45) is 0 Å². The SMILES string of the molecule is O=S(=O)(OS(=O)(=O)C(F)(F)F)C(F)(F)F.[H-].[H-].[Mg+2]. The van der Waals surface area contributed by atoms with E-state index in [1.54, 1.807) is 0 Å². The van der Waals surface area contributed by atoms with Crippen LogP contribution in [0.3, 0.4) is 0 Å². The van der Waals surface area contributed by atoms with Crippen LogP contribution < -0.4 is 0 Å². The predicted octanol–water partition coefficient (Wildman–Crippen LogP) is 0.546. The Labute approximate surface area is 104 Å². The van der Waals surface area contributed by atoms with Gasteiger partial charge in [0.2, 0.25) is 0 Å². The minimum atomic E-state index is -6.85. The number of hydrogen-bond donors (Lipinski definition) is 0. The van der Waals surface area contributed by atoms with E-state index in [1.165, 1.54) is 0 Å². The van der Waals surface area contributed by atoms with E-state index in [9.17, 15) is 43.2 Å². The van der Waals surface area contributed by atoms with E-state index in [2.05, 4.69) is 0 Å². The molecule has 0 saturated heterocycles. The van der Waals surface area contributed by atoms with Gasteiger partial charge in [-0.15, -0.1) is 3.63 Å².